The highest BCUT2D eigenvalue weighted by Gasteiger charge is 2.21. The summed E-state index contributed by atoms with van der Waals surface area (Å²) in [4.78, 5) is 11.7. The summed E-state index contributed by atoms with van der Waals surface area (Å²) in [5.41, 5.74) is 1.10. The second kappa shape index (κ2) is 9.64. The van der Waals surface area contributed by atoms with Gasteiger partial charge in [0.05, 0.1) is 7.11 Å². The minimum atomic E-state index is -0.0923. The van der Waals surface area contributed by atoms with Crippen molar-refractivity contribution in [1.29, 1.82) is 0 Å². The molecule has 0 aliphatic rings. The lowest BCUT2D eigenvalue weighted by atomic mass is 9.84. The molecule has 0 radical (unpaired) electrons. The van der Waals surface area contributed by atoms with E-state index in [4.69, 9.17) is 4.74 Å². The normalized spacial score (nSPS) is 10.7. The van der Waals surface area contributed by atoms with Gasteiger partial charge in [-0.25, -0.2) is 0 Å². The van der Waals surface area contributed by atoms with Crippen LogP contribution < -0.4 is 15.4 Å². The van der Waals surface area contributed by atoms with Crippen molar-refractivity contribution in [2.45, 2.75) is 32.1 Å². The molecular weight excluding hydrogens is 288 g/mol. The lowest BCUT2D eigenvalue weighted by Gasteiger charge is -2.26. The van der Waals surface area contributed by atoms with Crippen LogP contribution in [0, 0.1) is 0 Å². The number of amides is 1. The SMILES string of the molecule is CNCCCC(=O)NCC(C)(C)c1ccc(OC)cc1.Cl. The van der Waals surface area contributed by atoms with Crippen LogP contribution in [0.25, 0.3) is 0 Å². The lowest BCUT2D eigenvalue weighted by molar-refractivity contribution is -0.121. The maximum absolute atomic E-state index is 11.7. The smallest absolute Gasteiger partial charge is 0.220 e. The number of benzene rings is 1. The Morgan fingerprint density at radius 1 is 1.24 bits per heavy atom. The Bertz CT molecular complexity index is 419. The van der Waals surface area contributed by atoms with Gasteiger partial charge in [0.15, 0.2) is 0 Å². The molecule has 1 aromatic carbocycles. The molecule has 1 amide bonds. The first-order valence-corrected chi connectivity index (χ1v) is 7.05. The van der Waals surface area contributed by atoms with Crippen molar-refractivity contribution in [1.82, 2.24) is 10.6 Å². The fourth-order valence-corrected chi connectivity index (χ4v) is 1.98. The van der Waals surface area contributed by atoms with Crippen LogP contribution in [0.5, 0.6) is 5.75 Å². The third-order valence-corrected chi connectivity index (χ3v) is 3.43. The number of halogens is 1. The van der Waals surface area contributed by atoms with Crippen molar-refractivity contribution >= 4 is 18.3 Å². The fourth-order valence-electron chi connectivity index (χ4n) is 1.98. The number of carbonyl (C=O) groups is 1. The van der Waals surface area contributed by atoms with Crippen LogP contribution in [0.4, 0.5) is 0 Å². The van der Waals surface area contributed by atoms with Gasteiger partial charge in [0.25, 0.3) is 0 Å². The van der Waals surface area contributed by atoms with Crippen LogP contribution in [-0.2, 0) is 10.2 Å². The van der Waals surface area contributed by atoms with Crippen molar-refractivity contribution in [2.75, 3.05) is 27.2 Å². The number of hydrogen-bond acceptors (Lipinski definition) is 3. The molecule has 0 fully saturated rings. The molecule has 1 aromatic rings. The molecule has 5 heteroatoms. The van der Waals surface area contributed by atoms with Gasteiger partial charge < -0.3 is 15.4 Å². The number of methoxy groups -OCH3 is 1. The molecule has 0 aliphatic carbocycles. The van der Waals surface area contributed by atoms with Gasteiger partial charge in [-0.1, -0.05) is 26.0 Å². The third-order valence-electron chi connectivity index (χ3n) is 3.43. The molecule has 120 valence electrons. The zero-order valence-electron chi connectivity index (χ0n) is 13.4. The first kappa shape index (κ1) is 19.7. The molecule has 0 spiro atoms. The van der Waals surface area contributed by atoms with Crippen LogP contribution in [-0.4, -0.2) is 33.2 Å². The van der Waals surface area contributed by atoms with E-state index in [1.165, 1.54) is 5.56 Å². The highest BCUT2D eigenvalue weighted by Crippen LogP contribution is 2.24. The Morgan fingerprint density at radius 3 is 2.38 bits per heavy atom. The summed E-state index contributed by atoms with van der Waals surface area (Å²) in [6.07, 6.45) is 1.44. The van der Waals surface area contributed by atoms with Gasteiger partial charge >= 0.3 is 0 Å². The van der Waals surface area contributed by atoms with E-state index in [9.17, 15) is 4.79 Å². The second-order valence-corrected chi connectivity index (χ2v) is 5.60. The molecule has 0 unspecified atom stereocenters. The minimum absolute atomic E-state index is 0. The van der Waals surface area contributed by atoms with Crippen molar-refractivity contribution in [3.8, 4) is 5.75 Å². The van der Waals surface area contributed by atoms with E-state index in [2.05, 4.69) is 24.5 Å². The maximum Gasteiger partial charge on any atom is 0.220 e. The van der Waals surface area contributed by atoms with Crippen LogP contribution in [0.3, 0.4) is 0 Å². The lowest BCUT2D eigenvalue weighted by Crippen LogP contribution is -2.36. The molecule has 0 saturated heterocycles. The quantitative estimate of drug-likeness (QED) is 0.725. The Balaban J connectivity index is 0.00000400. The van der Waals surface area contributed by atoms with Gasteiger partial charge in [-0.2, -0.15) is 0 Å². The Hall–Kier alpha value is -1.26. The first-order chi connectivity index (χ1) is 9.49. The average molecular weight is 315 g/mol. The predicted molar refractivity (Wildman–Crippen MR) is 89.4 cm³/mol. The van der Waals surface area contributed by atoms with E-state index < -0.39 is 0 Å². The van der Waals surface area contributed by atoms with Crippen molar-refractivity contribution in [2.24, 2.45) is 0 Å². The number of carbonyl (C=O) groups excluding carboxylic acids is 1. The number of nitrogens with one attached hydrogen (secondary N) is 2. The van der Waals surface area contributed by atoms with Crippen molar-refractivity contribution in [3.05, 3.63) is 29.8 Å². The molecular formula is C16H27ClN2O2. The van der Waals surface area contributed by atoms with Gasteiger partial charge in [-0.3, -0.25) is 4.79 Å². The minimum Gasteiger partial charge on any atom is -0.497 e. The summed E-state index contributed by atoms with van der Waals surface area (Å²) in [6.45, 7) is 5.76. The van der Waals surface area contributed by atoms with Crippen molar-refractivity contribution < 1.29 is 9.53 Å². The van der Waals surface area contributed by atoms with Crippen LogP contribution in [0.2, 0.25) is 0 Å². The predicted octanol–water partition coefficient (Wildman–Crippen LogP) is 2.51. The van der Waals surface area contributed by atoms with E-state index >= 15 is 0 Å². The number of ether oxygens (including phenoxy) is 1. The zero-order chi connectivity index (χ0) is 15.0. The molecule has 0 saturated carbocycles. The third kappa shape index (κ3) is 6.82. The topological polar surface area (TPSA) is 50.4 Å². The first-order valence-electron chi connectivity index (χ1n) is 7.05. The summed E-state index contributed by atoms with van der Waals surface area (Å²) in [5.74, 6) is 0.961. The summed E-state index contributed by atoms with van der Waals surface area (Å²) >= 11 is 0. The second-order valence-electron chi connectivity index (χ2n) is 5.60. The summed E-state index contributed by atoms with van der Waals surface area (Å²) in [6, 6.07) is 8.00. The maximum atomic E-state index is 11.7. The fraction of sp³-hybridized carbons (Fsp3) is 0.562. The van der Waals surface area contributed by atoms with Gasteiger partial charge in [-0.05, 0) is 37.7 Å². The van der Waals surface area contributed by atoms with Gasteiger partial charge in [0.1, 0.15) is 5.75 Å². The Labute approximate surface area is 134 Å². The summed E-state index contributed by atoms with van der Waals surface area (Å²) in [5, 5.41) is 6.05. The van der Waals surface area contributed by atoms with Crippen LogP contribution >= 0.6 is 12.4 Å². The van der Waals surface area contributed by atoms with Gasteiger partial charge in [-0.15, -0.1) is 12.4 Å². The summed E-state index contributed by atoms with van der Waals surface area (Å²) in [7, 11) is 3.55. The zero-order valence-corrected chi connectivity index (χ0v) is 14.2. The summed E-state index contributed by atoms with van der Waals surface area (Å²) < 4.78 is 5.16. The molecule has 0 bridgehead atoms. The van der Waals surface area contributed by atoms with Crippen molar-refractivity contribution in [3.63, 3.8) is 0 Å². The number of rotatable bonds is 8. The molecule has 21 heavy (non-hydrogen) atoms. The highest BCUT2D eigenvalue weighted by atomic mass is 35.5. The van der Waals surface area contributed by atoms with E-state index in [0.717, 1.165) is 18.7 Å². The van der Waals surface area contributed by atoms with Crippen LogP contribution in [0.1, 0.15) is 32.3 Å². The monoisotopic (exact) mass is 314 g/mol. The highest BCUT2D eigenvalue weighted by molar-refractivity contribution is 5.85. The molecule has 4 nitrogen and oxygen atoms in total. The standard InChI is InChI=1S/C16H26N2O2.ClH/c1-16(2,12-18-15(19)6-5-11-17-3)13-7-9-14(20-4)10-8-13;/h7-10,17H,5-6,11-12H2,1-4H3,(H,18,19);1H. The Morgan fingerprint density at radius 2 is 1.86 bits per heavy atom. The molecule has 0 aliphatic heterocycles. The molecule has 0 heterocycles. The molecule has 2 N–H and O–H groups in total. The molecule has 0 aromatic heterocycles. The number of hydrogen-bond donors (Lipinski definition) is 2. The Kier molecular flexibility index (Phi) is 9.06. The van der Waals surface area contributed by atoms with E-state index in [0.29, 0.717) is 13.0 Å². The van der Waals surface area contributed by atoms with Gasteiger partial charge in [0, 0.05) is 18.4 Å². The van der Waals surface area contributed by atoms with Gasteiger partial charge in [0.2, 0.25) is 5.91 Å². The molecule has 0 atom stereocenters. The van der Waals surface area contributed by atoms with Crippen LogP contribution in [0.15, 0.2) is 24.3 Å². The average Bonchev–Trinajstić information content (AvgIpc) is 2.45. The molecule has 1 rings (SSSR count). The van der Waals surface area contributed by atoms with E-state index in [1.807, 2.05) is 31.3 Å². The largest absolute Gasteiger partial charge is 0.497 e. The van der Waals surface area contributed by atoms with E-state index in [1.54, 1.807) is 7.11 Å². The van der Waals surface area contributed by atoms with E-state index in [-0.39, 0.29) is 23.7 Å².